The lowest BCUT2D eigenvalue weighted by Gasteiger charge is -2.03. The van der Waals surface area contributed by atoms with Gasteiger partial charge >= 0.3 is 0 Å². The molecule has 0 spiro atoms. The summed E-state index contributed by atoms with van der Waals surface area (Å²) in [6.45, 7) is 0.389. The topological polar surface area (TPSA) is 81.3 Å². The van der Waals surface area contributed by atoms with Crippen LogP contribution in [0.1, 0.15) is 10.6 Å². The maximum Gasteiger partial charge on any atom is 0.203 e. The maximum atomic E-state index is 8.87. The van der Waals surface area contributed by atoms with E-state index >= 15 is 0 Å². The Morgan fingerprint density at radius 1 is 1.25 bits per heavy atom. The first-order valence-corrected chi connectivity index (χ1v) is 5.50. The number of aromatic nitrogens is 2. The van der Waals surface area contributed by atoms with Crippen LogP contribution in [-0.2, 0) is 13.2 Å². The molecule has 0 atom stereocenters. The summed E-state index contributed by atoms with van der Waals surface area (Å²) >= 11 is 1.31. The molecule has 2 aromatic rings. The number of aliphatic hydroxyl groups excluding tert-OH is 1. The molecule has 0 aliphatic heterocycles. The Kier molecular flexibility index (Phi) is 3.33. The molecule has 0 saturated carbocycles. The van der Waals surface area contributed by atoms with Crippen LogP contribution >= 0.6 is 11.3 Å². The van der Waals surface area contributed by atoms with Gasteiger partial charge in [-0.3, -0.25) is 0 Å². The molecular formula is C10H11N3O2S. The van der Waals surface area contributed by atoms with Crippen molar-refractivity contribution in [3.63, 3.8) is 0 Å². The smallest absolute Gasteiger partial charge is 0.203 e. The van der Waals surface area contributed by atoms with Crippen molar-refractivity contribution in [1.82, 2.24) is 10.2 Å². The molecule has 84 valence electrons. The van der Waals surface area contributed by atoms with Crippen molar-refractivity contribution in [2.45, 2.75) is 13.2 Å². The molecule has 0 saturated heterocycles. The van der Waals surface area contributed by atoms with E-state index in [9.17, 15) is 0 Å². The molecule has 16 heavy (non-hydrogen) atoms. The average molecular weight is 237 g/mol. The Morgan fingerprint density at radius 3 is 2.56 bits per heavy atom. The monoisotopic (exact) mass is 237 g/mol. The van der Waals surface area contributed by atoms with Crippen molar-refractivity contribution >= 4 is 16.5 Å². The molecular weight excluding hydrogens is 226 g/mol. The molecule has 0 bridgehead atoms. The average Bonchev–Trinajstić information content (AvgIpc) is 2.73. The SMILES string of the molecule is Nc1nnc(COc2ccc(CO)cc2)s1. The molecule has 0 fully saturated rings. The van der Waals surface area contributed by atoms with Crippen molar-refractivity contribution < 1.29 is 9.84 Å². The highest BCUT2D eigenvalue weighted by Gasteiger charge is 2.02. The number of nitrogen functional groups attached to an aromatic ring is 1. The van der Waals surface area contributed by atoms with Gasteiger partial charge in [0.05, 0.1) is 6.61 Å². The number of nitrogens with two attached hydrogens (primary N) is 1. The minimum atomic E-state index is 0.0349. The third kappa shape index (κ3) is 2.68. The van der Waals surface area contributed by atoms with Crippen molar-refractivity contribution in [1.29, 1.82) is 0 Å². The molecule has 2 rings (SSSR count). The number of rotatable bonds is 4. The number of anilines is 1. The van der Waals surface area contributed by atoms with E-state index in [1.807, 2.05) is 12.1 Å². The zero-order valence-electron chi connectivity index (χ0n) is 8.46. The first-order chi connectivity index (χ1) is 7.78. The summed E-state index contributed by atoms with van der Waals surface area (Å²) in [7, 11) is 0. The summed E-state index contributed by atoms with van der Waals surface area (Å²) in [6.07, 6.45) is 0. The van der Waals surface area contributed by atoms with E-state index < -0.39 is 0 Å². The van der Waals surface area contributed by atoms with Gasteiger partial charge in [-0.25, -0.2) is 0 Å². The zero-order valence-corrected chi connectivity index (χ0v) is 9.28. The lowest BCUT2D eigenvalue weighted by Crippen LogP contribution is -1.95. The second-order valence-corrected chi connectivity index (χ2v) is 4.22. The summed E-state index contributed by atoms with van der Waals surface area (Å²) in [5.41, 5.74) is 6.30. The van der Waals surface area contributed by atoms with E-state index in [0.29, 0.717) is 11.7 Å². The number of ether oxygens (including phenoxy) is 1. The Balaban J connectivity index is 1.94. The van der Waals surface area contributed by atoms with Crippen molar-refractivity contribution in [2.75, 3.05) is 5.73 Å². The number of aliphatic hydroxyl groups is 1. The summed E-state index contributed by atoms with van der Waals surface area (Å²) < 4.78 is 5.48. The van der Waals surface area contributed by atoms with Crippen LogP contribution in [0.4, 0.5) is 5.13 Å². The van der Waals surface area contributed by atoms with Crippen LogP contribution in [0.3, 0.4) is 0 Å². The highest BCUT2D eigenvalue weighted by molar-refractivity contribution is 7.15. The zero-order chi connectivity index (χ0) is 11.4. The Morgan fingerprint density at radius 2 is 2.00 bits per heavy atom. The van der Waals surface area contributed by atoms with Gasteiger partial charge in [0, 0.05) is 0 Å². The first-order valence-electron chi connectivity index (χ1n) is 4.68. The lowest BCUT2D eigenvalue weighted by atomic mass is 10.2. The van der Waals surface area contributed by atoms with E-state index in [1.165, 1.54) is 11.3 Å². The molecule has 1 aromatic carbocycles. The highest BCUT2D eigenvalue weighted by Crippen LogP contribution is 2.16. The van der Waals surface area contributed by atoms with Gasteiger partial charge < -0.3 is 15.6 Å². The number of hydrogen-bond acceptors (Lipinski definition) is 6. The van der Waals surface area contributed by atoms with Crippen LogP contribution in [0.15, 0.2) is 24.3 Å². The van der Waals surface area contributed by atoms with Gasteiger partial charge in [0.15, 0.2) is 5.01 Å². The molecule has 0 aliphatic rings. The minimum Gasteiger partial charge on any atom is -0.486 e. The number of hydrogen-bond donors (Lipinski definition) is 2. The van der Waals surface area contributed by atoms with Gasteiger partial charge in [-0.15, -0.1) is 10.2 Å². The molecule has 3 N–H and O–H groups in total. The molecule has 0 unspecified atom stereocenters. The van der Waals surface area contributed by atoms with Crippen LogP contribution in [-0.4, -0.2) is 15.3 Å². The predicted octanol–water partition coefficient (Wildman–Crippen LogP) is 1.19. The fourth-order valence-corrected chi connectivity index (χ4v) is 1.68. The highest BCUT2D eigenvalue weighted by atomic mass is 32.1. The van der Waals surface area contributed by atoms with Gasteiger partial charge in [-0.1, -0.05) is 23.5 Å². The van der Waals surface area contributed by atoms with E-state index in [2.05, 4.69) is 10.2 Å². The van der Waals surface area contributed by atoms with Crippen molar-refractivity contribution in [3.05, 3.63) is 34.8 Å². The molecule has 5 nitrogen and oxygen atoms in total. The van der Waals surface area contributed by atoms with Crippen molar-refractivity contribution in [2.24, 2.45) is 0 Å². The molecule has 1 heterocycles. The fraction of sp³-hybridized carbons (Fsp3) is 0.200. The van der Waals surface area contributed by atoms with Gasteiger partial charge in [-0.05, 0) is 17.7 Å². The van der Waals surface area contributed by atoms with Crippen LogP contribution in [0.25, 0.3) is 0 Å². The van der Waals surface area contributed by atoms with Crippen LogP contribution in [0.2, 0.25) is 0 Å². The molecule has 1 aromatic heterocycles. The fourth-order valence-electron chi connectivity index (χ4n) is 1.16. The summed E-state index contributed by atoms with van der Waals surface area (Å²) in [5.74, 6) is 0.728. The summed E-state index contributed by atoms with van der Waals surface area (Å²) in [4.78, 5) is 0. The Hall–Kier alpha value is -1.66. The predicted molar refractivity (Wildman–Crippen MR) is 61.0 cm³/mol. The molecule has 0 amide bonds. The quantitative estimate of drug-likeness (QED) is 0.834. The van der Waals surface area contributed by atoms with Gasteiger partial charge in [0.2, 0.25) is 5.13 Å². The van der Waals surface area contributed by atoms with E-state index in [4.69, 9.17) is 15.6 Å². The molecule has 0 aliphatic carbocycles. The number of nitrogens with zero attached hydrogens (tertiary/aromatic N) is 2. The standard InChI is InChI=1S/C10H11N3O2S/c11-10-13-12-9(16-10)6-15-8-3-1-7(5-14)2-4-8/h1-4,14H,5-6H2,(H2,11,13). The van der Waals surface area contributed by atoms with Gasteiger partial charge in [-0.2, -0.15) is 0 Å². The van der Waals surface area contributed by atoms with Gasteiger partial charge in [0.1, 0.15) is 12.4 Å². The second kappa shape index (κ2) is 4.91. The Bertz CT molecular complexity index is 455. The normalized spacial score (nSPS) is 10.3. The van der Waals surface area contributed by atoms with Crippen LogP contribution in [0, 0.1) is 0 Å². The third-order valence-electron chi connectivity index (χ3n) is 1.95. The van der Waals surface area contributed by atoms with Crippen molar-refractivity contribution in [3.8, 4) is 5.75 Å². The Labute approximate surface area is 96.5 Å². The minimum absolute atomic E-state index is 0.0349. The third-order valence-corrected chi connectivity index (χ3v) is 2.68. The van der Waals surface area contributed by atoms with Gasteiger partial charge in [0.25, 0.3) is 0 Å². The largest absolute Gasteiger partial charge is 0.486 e. The van der Waals surface area contributed by atoms with Crippen LogP contribution in [0.5, 0.6) is 5.75 Å². The molecule has 6 heteroatoms. The molecule has 0 radical (unpaired) electrons. The summed E-state index contributed by atoms with van der Waals surface area (Å²) in [5, 5.41) is 17.6. The first kappa shape index (κ1) is 10.8. The maximum absolute atomic E-state index is 8.87. The summed E-state index contributed by atoms with van der Waals surface area (Å²) in [6, 6.07) is 7.22. The lowest BCUT2D eigenvalue weighted by molar-refractivity contribution is 0.280. The van der Waals surface area contributed by atoms with Crippen LogP contribution < -0.4 is 10.5 Å². The van der Waals surface area contributed by atoms with E-state index in [-0.39, 0.29) is 6.61 Å². The van der Waals surface area contributed by atoms with E-state index in [0.717, 1.165) is 16.3 Å². The van der Waals surface area contributed by atoms with E-state index in [1.54, 1.807) is 12.1 Å². The second-order valence-electron chi connectivity index (χ2n) is 3.12. The number of benzene rings is 1.